The largest absolute Gasteiger partial charge is 0.278 e. The number of hydrogen-bond acceptors (Lipinski definition) is 2. The second kappa shape index (κ2) is 4.55. The van der Waals surface area contributed by atoms with Gasteiger partial charge in [-0.05, 0) is 54.6 Å². The third kappa shape index (κ3) is 1.62. The Hall–Kier alpha value is -1.90. The van der Waals surface area contributed by atoms with E-state index in [1.165, 1.54) is 17.7 Å². The van der Waals surface area contributed by atoms with Crippen LogP contribution in [0.1, 0.15) is 25.3 Å². The fraction of sp³-hybridized carbons (Fsp3) is 0.474. The van der Waals surface area contributed by atoms with Gasteiger partial charge in [-0.15, -0.1) is 0 Å². The average molecular weight is 295 g/mol. The summed E-state index contributed by atoms with van der Waals surface area (Å²) in [6.45, 7) is 4.11. The Morgan fingerprint density at radius 3 is 2.50 bits per heavy atom. The molecule has 3 heteroatoms. The highest BCUT2D eigenvalue weighted by molar-refractivity contribution is 6.09. The van der Waals surface area contributed by atoms with Gasteiger partial charge in [0.05, 0.1) is 5.69 Å². The number of aryl methyl sites for hydroxylation is 1. The quantitative estimate of drug-likeness (QED) is 0.633. The minimum atomic E-state index is -0.0534. The number of carbonyl (C=O) groups is 2. The van der Waals surface area contributed by atoms with Gasteiger partial charge in [-0.3, -0.25) is 14.5 Å². The molecule has 0 unspecified atom stereocenters. The maximum atomic E-state index is 13.1. The molecule has 1 spiro atoms. The Morgan fingerprint density at radius 2 is 1.91 bits per heavy atom. The van der Waals surface area contributed by atoms with Crippen molar-refractivity contribution in [1.29, 1.82) is 0 Å². The third-order valence-corrected chi connectivity index (χ3v) is 6.20. The Bertz CT molecular complexity index is 674. The van der Waals surface area contributed by atoms with Crippen molar-refractivity contribution in [1.82, 2.24) is 0 Å². The molecule has 1 aromatic carbocycles. The highest BCUT2D eigenvalue weighted by Gasteiger charge is 2.67. The summed E-state index contributed by atoms with van der Waals surface area (Å²) in [6, 6.07) is 7.58. The molecule has 2 saturated carbocycles. The first-order valence-electron chi connectivity index (χ1n) is 8.12. The molecule has 4 atom stereocenters. The number of imide groups is 1. The van der Waals surface area contributed by atoms with Crippen LogP contribution in [0.2, 0.25) is 0 Å². The highest BCUT2D eigenvalue weighted by Crippen LogP contribution is 2.72. The molecule has 0 aromatic heterocycles. The number of amides is 2. The zero-order chi connectivity index (χ0) is 15.5. The van der Waals surface area contributed by atoms with Gasteiger partial charge in [-0.1, -0.05) is 37.3 Å². The van der Waals surface area contributed by atoms with Crippen LogP contribution in [-0.2, 0) is 9.59 Å². The smallest absolute Gasteiger partial charge is 0.237 e. The minimum Gasteiger partial charge on any atom is -0.278 e. The number of hydrogen-bond donors (Lipinski definition) is 0. The monoisotopic (exact) mass is 295 g/mol. The van der Waals surface area contributed by atoms with Crippen LogP contribution in [0.3, 0.4) is 0 Å². The van der Waals surface area contributed by atoms with Crippen LogP contribution in [0.4, 0.5) is 5.69 Å². The molecule has 3 aliphatic rings. The van der Waals surface area contributed by atoms with Crippen molar-refractivity contribution in [3.05, 3.63) is 42.0 Å². The van der Waals surface area contributed by atoms with Crippen LogP contribution in [0.5, 0.6) is 0 Å². The zero-order valence-electron chi connectivity index (χ0n) is 13.0. The molecule has 114 valence electrons. The molecule has 0 saturated heterocycles. The van der Waals surface area contributed by atoms with Crippen LogP contribution in [0, 0.1) is 36.0 Å². The first-order chi connectivity index (χ1) is 10.6. The maximum absolute atomic E-state index is 13.1. The van der Waals surface area contributed by atoms with Gasteiger partial charge in [0.2, 0.25) is 12.3 Å². The SMILES string of the molecule is Cc1ccccc1N(C=O)C(=O)[C@H]1[C@H](C)[C@H]2C=C[C@@H]1C21CC1. The predicted molar refractivity (Wildman–Crippen MR) is 85.2 cm³/mol. The average Bonchev–Trinajstić information content (AvgIpc) is 3.17. The van der Waals surface area contributed by atoms with Crippen molar-refractivity contribution in [3.63, 3.8) is 0 Å². The molecule has 0 heterocycles. The minimum absolute atomic E-state index is 0.0278. The van der Waals surface area contributed by atoms with E-state index in [-0.39, 0.29) is 11.8 Å². The maximum Gasteiger partial charge on any atom is 0.237 e. The molecule has 1 aromatic rings. The molecule has 3 aliphatic carbocycles. The first kappa shape index (κ1) is 13.7. The summed E-state index contributed by atoms with van der Waals surface area (Å²) in [6.07, 6.45) is 7.70. The van der Waals surface area contributed by atoms with Crippen LogP contribution < -0.4 is 4.90 Å². The van der Waals surface area contributed by atoms with Crippen LogP contribution >= 0.6 is 0 Å². The highest BCUT2D eigenvalue weighted by atomic mass is 16.2. The Morgan fingerprint density at radius 1 is 1.23 bits per heavy atom. The molecule has 0 radical (unpaired) electrons. The number of benzene rings is 1. The van der Waals surface area contributed by atoms with E-state index in [9.17, 15) is 9.59 Å². The normalized spacial score (nSPS) is 33.2. The van der Waals surface area contributed by atoms with Crippen molar-refractivity contribution in [2.75, 3.05) is 4.90 Å². The van der Waals surface area contributed by atoms with Crippen molar-refractivity contribution in [2.24, 2.45) is 29.1 Å². The lowest BCUT2D eigenvalue weighted by molar-refractivity contribution is -0.126. The van der Waals surface area contributed by atoms with E-state index in [2.05, 4.69) is 19.1 Å². The molecule has 0 N–H and O–H groups in total. The molecule has 22 heavy (non-hydrogen) atoms. The fourth-order valence-corrected chi connectivity index (χ4v) is 4.98. The van der Waals surface area contributed by atoms with Crippen molar-refractivity contribution >= 4 is 18.0 Å². The number of allylic oxidation sites excluding steroid dienone is 2. The lowest BCUT2D eigenvalue weighted by Gasteiger charge is -2.28. The van der Waals surface area contributed by atoms with Gasteiger partial charge in [0.15, 0.2) is 0 Å². The second-order valence-corrected chi connectivity index (χ2v) is 7.15. The van der Waals surface area contributed by atoms with E-state index >= 15 is 0 Å². The first-order valence-corrected chi connectivity index (χ1v) is 8.12. The molecule has 2 fully saturated rings. The van der Waals surface area contributed by atoms with E-state index in [1.54, 1.807) is 0 Å². The molecular formula is C19H21NO2. The number of carbonyl (C=O) groups excluding carboxylic acids is 2. The lowest BCUT2D eigenvalue weighted by Crippen LogP contribution is -2.40. The summed E-state index contributed by atoms with van der Waals surface area (Å²) in [7, 11) is 0. The molecule has 2 amide bonds. The van der Waals surface area contributed by atoms with Gasteiger partial charge in [0.25, 0.3) is 0 Å². The zero-order valence-corrected chi connectivity index (χ0v) is 13.0. The molecule has 3 nitrogen and oxygen atoms in total. The molecule has 2 bridgehead atoms. The standard InChI is InChI=1S/C19H21NO2/c1-12-5-3-4-6-16(12)20(11-21)18(22)17-13(2)14-7-8-15(17)19(14)9-10-19/h3-8,11,13-15,17H,9-10H2,1-2H3/t13-,14-,15+,17+/m1/s1. The van der Waals surface area contributed by atoms with Gasteiger partial charge in [0, 0.05) is 5.92 Å². The predicted octanol–water partition coefficient (Wildman–Crippen LogP) is 3.33. The van der Waals surface area contributed by atoms with Crippen molar-refractivity contribution < 1.29 is 9.59 Å². The summed E-state index contributed by atoms with van der Waals surface area (Å²) >= 11 is 0. The van der Waals surface area contributed by atoms with Crippen LogP contribution in [0.25, 0.3) is 0 Å². The van der Waals surface area contributed by atoms with Crippen molar-refractivity contribution in [2.45, 2.75) is 26.7 Å². The Kier molecular flexibility index (Phi) is 2.84. The summed E-state index contributed by atoms with van der Waals surface area (Å²) in [5, 5.41) is 0. The van der Waals surface area contributed by atoms with E-state index in [0.29, 0.717) is 35.3 Å². The lowest BCUT2D eigenvalue weighted by atomic mass is 9.83. The summed E-state index contributed by atoms with van der Waals surface area (Å²) in [5.74, 6) is 1.10. The van der Waals surface area contributed by atoms with E-state index in [0.717, 1.165) is 5.56 Å². The number of anilines is 1. The molecular weight excluding hydrogens is 274 g/mol. The molecule has 0 aliphatic heterocycles. The van der Waals surface area contributed by atoms with Gasteiger partial charge >= 0.3 is 0 Å². The number of rotatable bonds is 3. The number of nitrogens with zero attached hydrogens (tertiary/aromatic N) is 1. The Balaban J connectivity index is 1.68. The second-order valence-electron chi connectivity index (χ2n) is 7.15. The summed E-state index contributed by atoms with van der Waals surface area (Å²) in [4.78, 5) is 26.1. The van der Waals surface area contributed by atoms with Gasteiger partial charge in [-0.2, -0.15) is 0 Å². The summed E-state index contributed by atoms with van der Waals surface area (Å²) in [5.41, 5.74) is 2.02. The van der Waals surface area contributed by atoms with Crippen LogP contribution in [-0.4, -0.2) is 12.3 Å². The van der Waals surface area contributed by atoms with E-state index < -0.39 is 0 Å². The fourth-order valence-electron chi connectivity index (χ4n) is 4.98. The third-order valence-electron chi connectivity index (χ3n) is 6.20. The van der Waals surface area contributed by atoms with E-state index in [1.807, 2.05) is 31.2 Å². The van der Waals surface area contributed by atoms with E-state index in [4.69, 9.17) is 0 Å². The van der Waals surface area contributed by atoms with Gasteiger partial charge in [-0.25, -0.2) is 0 Å². The molecule has 4 rings (SSSR count). The van der Waals surface area contributed by atoms with Gasteiger partial charge in [0.1, 0.15) is 0 Å². The van der Waals surface area contributed by atoms with Crippen molar-refractivity contribution in [3.8, 4) is 0 Å². The number of para-hydroxylation sites is 1. The summed E-state index contributed by atoms with van der Waals surface area (Å²) < 4.78 is 0. The van der Waals surface area contributed by atoms with Crippen LogP contribution in [0.15, 0.2) is 36.4 Å². The van der Waals surface area contributed by atoms with Gasteiger partial charge < -0.3 is 0 Å². The topological polar surface area (TPSA) is 37.4 Å². The Labute approximate surface area is 131 Å².